The highest BCUT2D eigenvalue weighted by Gasteiger charge is 2.85. The van der Waals surface area contributed by atoms with E-state index in [1.807, 2.05) is 19.1 Å². The number of rotatable bonds is 2. The van der Waals surface area contributed by atoms with E-state index in [-0.39, 0.29) is 10.8 Å². The smallest absolute Gasteiger partial charge is 0.207 e. The van der Waals surface area contributed by atoms with Crippen LogP contribution in [0.3, 0.4) is 0 Å². The Morgan fingerprint density at radius 3 is 2.59 bits per heavy atom. The monoisotopic (exact) mass is 315 g/mol. The second kappa shape index (κ2) is 3.51. The zero-order chi connectivity index (χ0) is 15.4. The second-order valence-corrected chi connectivity index (χ2v) is 10.1. The Hall–Kier alpha value is -1.13. The Bertz CT molecular complexity index is 812. The molecule has 5 aliphatic rings. The summed E-state index contributed by atoms with van der Waals surface area (Å²) in [5, 5.41) is 0. The zero-order valence-corrected chi connectivity index (χ0v) is 13.9. The van der Waals surface area contributed by atoms with Crippen LogP contribution >= 0.6 is 0 Å². The number of piperidine rings is 1. The van der Waals surface area contributed by atoms with Crippen molar-refractivity contribution >= 4 is 10.0 Å². The summed E-state index contributed by atoms with van der Waals surface area (Å²) >= 11 is 0. The van der Waals surface area contributed by atoms with Gasteiger partial charge in [-0.25, -0.2) is 8.42 Å². The molecule has 4 unspecified atom stereocenters. The van der Waals surface area contributed by atoms with Crippen LogP contribution in [0.15, 0.2) is 41.3 Å². The molecule has 4 bridgehead atoms. The molecule has 0 radical (unpaired) electrons. The SMILES string of the molecule is Cc1ccc(S(=O)(=O)N2CC34C=CC5(C)CC3C4(C2)C5)cc1. The van der Waals surface area contributed by atoms with Crippen molar-refractivity contribution in [1.82, 2.24) is 4.31 Å². The first kappa shape index (κ1) is 13.3. The Morgan fingerprint density at radius 1 is 1.14 bits per heavy atom. The third-order valence-corrected chi connectivity index (χ3v) is 8.67. The van der Waals surface area contributed by atoms with Crippen LogP contribution in [0.4, 0.5) is 0 Å². The fourth-order valence-electron chi connectivity index (χ4n) is 5.80. The molecule has 0 amide bonds. The largest absolute Gasteiger partial charge is 0.243 e. The molecule has 3 fully saturated rings. The molecule has 4 atom stereocenters. The molecule has 1 heterocycles. The molecular formula is C18H21NO2S. The van der Waals surface area contributed by atoms with E-state index in [2.05, 4.69) is 19.1 Å². The first-order valence-electron chi connectivity index (χ1n) is 8.09. The maximum absolute atomic E-state index is 13.0. The van der Waals surface area contributed by atoms with Gasteiger partial charge in [-0.15, -0.1) is 0 Å². The van der Waals surface area contributed by atoms with Crippen molar-refractivity contribution < 1.29 is 8.42 Å². The third kappa shape index (κ3) is 1.31. The molecule has 6 rings (SSSR count). The molecule has 116 valence electrons. The predicted molar refractivity (Wildman–Crippen MR) is 84.8 cm³/mol. The van der Waals surface area contributed by atoms with Gasteiger partial charge in [0, 0.05) is 18.5 Å². The minimum atomic E-state index is -3.35. The summed E-state index contributed by atoms with van der Waals surface area (Å²) in [7, 11) is -3.35. The lowest BCUT2D eigenvalue weighted by Gasteiger charge is -2.33. The quantitative estimate of drug-likeness (QED) is 0.787. The molecule has 4 heteroatoms. The van der Waals surface area contributed by atoms with Gasteiger partial charge in [0.2, 0.25) is 10.0 Å². The van der Waals surface area contributed by atoms with Crippen LogP contribution < -0.4 is 0 Å². The first-order chi connectivity index (χ1) is 10.3. The fourth-order valence-corrected chi connectivity index (χ4v) is 7.36. The summed E-state index contributed by atoms with van der Waals surface area (Å²) in [6.07, 6.45) is 7.13. The van der Waals surface area contributed by atoms with Crippen molar-refractivity contribution in [3.63, 3.8) is 0 Å². The normalized spacial score (nSPS) is 45.1. The van der Waals surface area contributed by atoms with Crippen LogP contribution in [0.2, 0.25) is 0 Å². The highest BCUT2D eigenvalue weighted by atomic mass is 32.2. The van der Waals surface area contributed by atoms with Gasteiger partial charge in [-0.2, -0.15) is 4.31 Å². The molecule has 4 aliphatic carbocycles. The Morgan fingerprint density at radius 2 is 1.86 bits per heavy atom. The number of allylic oxidation sites excluding steroid dienone is 1. The molecule has 1 saturated heterocycles. The van der Waals surface area contributed by atoms with Crippen LogP contribution in [-0.2, 0) is 10.0 Å². The highest BCUT2D eigenvalue weighted by Crippen LogP contribution is 2.86. The lowest BCUT2D eigenvalue weighted by atomic mass is 9.71. The average Bonchev–Trinajstić information content (AvgIpc) is 2.77. The number of hydrogen-bond donors (Lipinski definition) is 0. The van der Waals surface area contributed by atoms with Crippen molar-refractivity contribution in [1.29, 1.82) is 0 Å². The fraction of sp³-hybridized carbons (Fsp3) is 0.556. The molecule has 3 nitrogen and oxygen atoms in total. The van der Waals surface area contributed by atoms with Gasteiger partial charge in [0.25, 0.3) is 0 Å². The van der Waals surface area contributed by atoms with E-state index >= 15 is 0 Å². The van der Waals surface area contributed by atoms with Crippen LogP contribution in [-0.4, -0.2) is 25.8 Å². The average molecular weight is 315 g/mol. The number of hydrogen-bond acceptors (Lipinski definition) is 2. The van der Waals surface area contributed by atoms with Crippen LogP contribution in [0.25, 0.3) is 0 Å². The van der Waals surface area contributed by atoms with E-state index in [0.29, 0.717) is 23.4 Å². The van der Waals surface area contributed by atoms with Crippen molar-refractivity contribution in [2.75, 3.05) is 13.1 Å². The van der Waals surface area contributed by atoms with Gasteiger partial charge in [0.1, 0.15) is 0 Å². The van der Waals surface area contributed by atoms with Gasteiger partial charge in [0.15, 0.2) is 0 Å². The van der Waals surface area contributed by atoms with Crippen molar-refractivity contribution in [3.05, 3.63) is 42.0 Å². The van der Waals surface area contributed by atoms with E-state index in [1.54, 1.807) is 16.4 Å². The molecule has 1 aromatic rings. The molecular weight excluding hydrogens is 294 g/mol. The predicted octanol–water partition coefficient (Wildman–Crippen LogP) is 2.97. The highest BCUT2D eigenvalue weighted by molar-refractivity contribution is 7.89. The summed E-state index contributed by atoms with van der Waals surface area (Å²) in [5.74, 6) is 0.722. The Balaban J connectivity index is 1.51. The minimum absolute atomic E-state index is 0.155. The summed E-state index contributed by atoms with van der Waals surface area (Å²) in [5.41, 5.74) is 1.80. The van der Waals surface area contributed by atoms with Crippen molar-refractivity contribution in [2.45, 2.75) is 31.6 Å². The zero-order valence-electron chi connectivity index (χ0n) is 13.0. The van der Waals surface area contributed by atoms with E-state index in [0.717, 1.165) is 11.5 Å². The van der Waals surface area contributed by atoms with Crippen LogP contribution in [0.1, 0.15) is 25.3 Å². The molecule has 0 aromatic heterocycles. The van der Waals surface area contributed by atoms with Gasteiger partial charge in [-0.05, 0) is 48.6 Å². The lowest BCUT2D eigenvalue weighted by molar-refractivity contribution is 0.276. The van der Waals surface area contributed by atoms with Gasteiger partial charge in [-0.3, -0.25) is 0 Å². The van der Waals surface area contributed by atoms with E-state index in [9.17, 15) is 8.42 Å². The van der Waals surface area contributed by atoms with E-state index in [1.165, 1.54) is 12.8 Å². The van der Waals surface area contributed by atoms with Crippen LogP contribution in [0.5, 0.6) is 0 Å². The van der Waals surface area contributed by atoms with Crippen molar-refractivity contribution in [3.8, 4) is 0 Å². The summed E-state index contributed by atoms with van der Waals surface area (Å²) < 4.78 is 27.6. The first-order valence-corrected chi connectivity index (χ1v) is 9.53. The third-order valence-electron chi connectivity index (χ3n) is 6.86. The number of benzene rings is 1. The number of aryl methyl sites for hydroxylation is 1. The maximum Gasteiger partial charge on any atom is 0.243 e. The standard InChI is InChI=1S/C18H21NO2S/c1-13-3-5-14(6-4-13)22(20,21)19-11-17-8-7-16(2)9-15(17)18(17,10-16)12-19/h3-8,15H,9-12H2,1-2H3. The topological polar surface area (TPSA) is 37.4 Å². The molecule has 22 heavy (non-hydrogen) atoms. The number of sulfonamides is 1. The van der Waals surface area contributed by atoms with Crippen LogP contribution in [0, 0.1) is 29.1 Å². The van der Waals surface area contributed by atoms with Gasteiger partial charge < -0.3 is 0 Å². The Labute approximate surface area is 132 Å². The summed E-state index contributed by atoms with van der Waals surface area (Å²) in [4.78, 5) is 0.437. The van der Waals surface area contributed by atoms with E-state index in [4.69, 9.17) is 0 Å². The van der Waals surface area contributed by atoms with E-state index < -0.39 is 10.0 Å². The summed E-state index contributed by atoms with van der Waals surface area (Å²) in [6.45, 7) is 5.70. The van der Waals surface area contributed by atoms with Gasteiger partial charge in [0.05, 0.1) is 4.90 Å². The van der Waals surface area contributed by atoms with Crippen molar-refractivity contribution in [2.24, 2.45) is 22.2 Å². The molecule has 1 aromatic carbocycles. The molecule has 1 aliphatic heterocycles. The molecule has 2 saturated carbocycles. The van der Waals surface area contributed by atoms with Gasteiger partial charge >= 0.3 is 0 Å². The minimum Gasteiger partial charge on any atom is -0.207 e. The second-order valence-electron chi connectivity index (χ2n) is 8.20. The van der Waals surface area contributed by atoms with Gasteiger partial charge in [-0.1, -0.05) is 36.8 Å². The molecule has 2 spiro atoms. The number of nitrogens with zero attached hydrogens (tertiary/aromatic N) is 1. The molecule has 0 N–H and O–H groups in total. The maximum atomic E-state index is 13.0. The Kier molecular flexibility index (Phi) is 2.13. The lowest BCUT2D eigenvalue weighted by Crippen LogP contribution is -2.34. The summed E-state index contributed by atoms with van der Waals surface area (Å²) in [6, 6.07) is 7.24.